The molecule has 4 nitrogen and oxygen atoms in total. The summed E-state index contributed by atoms with van der Waals surface area (Å²) in [4.78, 5) is 2.47. The summed E-state index contributed by atoms with van der Waals surface area (Å²) in [6.45, 7) is 34.7. The summed E-state index contributed by atoms with van der Waals surface area (Å²) in [5.74, 6) is 1.83. The van der Waals surface area contributed by atoms with E-state index in [1.165, 1.54) is 82.5 Å². The van der Waals surface area contributed by atoms with Gasteiger partial charge in [-0.3, -0.25) is 0 Å². The smallest absolute Gasteiger partial charge is 0.256 e. The Balaban J connectivity index is 1.19. The largest absolute Gasteiger partial charge is 0.458 e. The van der Waals surface area contributed by atoms with Crippen molar-refractivity contribution in [2.45, 2.75) is 131 Å². The van der Waals surface area contributed by atoms with Crippen molar-refractivity contribution in [1.29, 1.82) is 0 Å². The van der Waals surface area contributed by atoms with E-state index in [0.29, 0.717) is 0 Å². The van der Waals surface area contributed by atoms with Crippen molar-refractivity contribution in [3.63, 3.8) is 0 Å². The SMILES string of the molecule is CC(C)(C)c1ccc(N(c2ccc(C(C)(C)C)cc2)c2cccc3c4ccccc4n(-c4cc5c6c(c4)-n4c7ccc(C(C)(C)C)cc7c7cc(C(C)(C)C)cc(c74)B6c4cc(C(C)(C)C)ccc4O5)c23)cc1. The fraction of sp³-hybridized carbons (Fsp3) is 0.294. The first-order valence-corrected chi connectivity index (χ1v) is 26.5. The summed E-state index contributed by atoms with van der Waals surface area (Å²) < 4.78 is 12.5. The van der Waals surface area contributed by atoms with Gasteiger partial charge in [0.15, 0.2) is 0 Å². The Morgan fingerprint density at radius 1 is 0.384 bits per heavy atom. The van der Waals surface area contributed by atoms with E-state index in [4.69, 9.17) is 4.74 Å². The van der Waals surface area contributed by atoms with Gasteiger partial charge in [0, 0.05) is 50.2 Å². The van der Waals surface area contributed by atoms with Gasteiger partial charge in [-0.05, 0) is 138 Å². The van der Waals surface area contributed by atoms with Gasteiger partial charge in [-0.1, -0.05) is 183 Å². The van der Waals surface area contributed by atoms with Gasteiger partial charge in [-0.25, -0.2) is 0 Å². The highest BCUT2D eigenvalue weighted by atomic mass is 16.5. The minimum atomic E-state index is -0.0691. The van der Waals surface area contributed by atoms with Crippen LogP contribution in [0.5, 0.6) is 11.5 Å². The third-order valence-corrected chi connectivity index (χ3v) is 16.1. The van der Waals surface area contributed by atoms with Crippen LogP contribution in [0, 0.1) is 0 Å². The second-order valence-electron chi connectivity index (χ2n) is 26.4. The number of hydrogen-bond donors (Lipinski definition) is 0. The van der Waals surface area contributed by atoms with Crippen LogP contribution in [0.2, 0.25) is 0 Å². The molecule has 10 aromatic rings. The molecular formula is C68H70BN3O. The van der Waals surface area contributed by atoms with Crippen LogP contribution in [-0.2, 0) is 27.1 Å². The van der Waals surface area contributed by atoms with E-state index < -0.39 is 0 Å². The monoisotopic (exact) mass is 956 g/mol. The molecule has 0 unspecified atom stereocenters. The zero-order chi connectivity index (χ0) is 51.5. The molecule has 2 aromatic heterocycles. The lowest BCUT2D eigenvalue weighted by Gasteiger charge is -2.35. The first kappa shape index (κ1) is 47.1. The van der Waals surface area contributed by atoms with Crippen molar-refractivity contribution < 1.29 is 4.74 Å². The Bertz CT molecular complexity index is 3830. The Hall–Kier alpha value is -6.98. The van der Waals surface area contributed by atoms with E-state index >= 15 is 0 Å². The molecule has 0 atom stereocenters. The minimum absolute atomic E-state index is 0.0154. The molecule has 12 rings (SSSR count). The average molecular weight is 956 g/mol. The van der Waals surface area contributed by atoms with Gasteiger partial charge in [0.05, 0.1) is 27.9 Å². The molecule has 0 saturated carbocycles. The van der Waals surface area contributed by atoms with Gasteiger partial charge < -0.3 is 18.8 Å². The van der Waals surface area contributed by atoms with Gasteiger partial charge in [0.2, 0.25) is 0 Å². The average Bonchev–Trinajstić information content (AvgIpc) is 3.85. The molecule has 0 saturated heterocycles. The lowest BCUT2D eigenvalue weighted by molar-refractivity contribution is 0.486. The lowest BCUT2D eigenvalue weighted by atomic mass is 9.34. The molecule has 73 heavy (non-hydrogen) atoms. The molecular weight excluding hydrogens is 886 g/mol. The second kappa shape index (κ2) is 15.8. The molecule has 0 fully saturated rings. The van der Waals surface area contributed by atoms with E-state index in [9.17, 15) is 0 Å². The molecule has 2 aliphatic rings. The summed E-state index contributed by atoms with van der Waals surface area (Å²) in [5.41, 5.74) is 20.7. The normalized spacial score (nSPS) is 13.8. The van der Waals surface area contributed by atoms with Gasteiger partial charge >= 0.3 is 0 Å². The fourth-order valence-corrected chi connectivity index (χ4v) is 11.9. The van der Waals surface area contributed by atoms with Crippen molar-refractivity contribution in [3.05, 3.63) is 179 Å². The predicted molar refractivity (Wildman–Crippen MR) is 314 cm³/mol. The molecule has 8 aromatic carbocycles. The van der Waals surface area contributed by atoms with Gasteiger partial charge in [0.25, 0.3) is 6.71 Å². The number of aromatic nitrogens is 2. The van der Waals surface area contributed by atoms with Crippen LogP contribution < -0.4 is 26.0 Å². The third kappa shape index (κ3) is 7.46. The molecule has 0 aliphatic carbocycles. The van der Waals surface area contributed by atoms with E-state index in [1.807, 2.05) is 0 Å². The minimum Gasteiger partial charge on any atom is -0.458 e. The third-order valence-electron chi connectivity index (χ3n) is 16.1. The molecule has 0 amide bonds. The summed E-state index contributed by atoms with van der Waals surface area (Å²) in [7, 11) is 0. The van der Waals surface area contributed by atoms with E-state index in [2.05, 4.69) is 270 Å². The van der Waals surface area contributed by atoms with Crippen molar-refractivity contribution >= 4 is 83.8 Å². The molecule has 0 spiro atoms. The number of rotatable bonds is 4. The summed E-state index contributed by atoms with van der Waals surface area (Å²) in [6.07, 6.45) is 0. The van der Waals surface area contributed by atoms with Gasteiger partial charge in [-0.15, -0.1) is 0 Å². The Morgan fingerprint density at radius 3 is 1.52 bits per heavy atom. The Kier molecular flexibility index (Phi) is 10.2. The lowest BCUT2D eigenvalue weighted by Crippen LogP contribution is -2.58. The molecule has 5 heteroatoms. The van der Waals surface area contributed by atoms with E-state index in [-0.39, 0.29) is 33.8 Å². The first-order chi connectivity index (χ1) is 34.4. The highest BCUT2D eigenvalue weighted by Gasteiger charge is 2.42. The standard InChI is InChI=1S/C68H70BN3O/c1-64(2,3)41-23-29-46(30-24-41)70(47-31-25-42(26-32-47)65(4,5)6)57-22-18-20-50-49-19-16-17-21-55(49)71(63(50)57)48-39-58-61-60(40-48)73-59-34-28-44(67(10,11)12)37-53(59)69(61)54-38-45(68(13,14)15)36-52-51-35-43(66(7,8)9)27-33-56(51)72(58)62(52)54/h16-40H,1-15H3. The summed E-state index contributed by atoms with van der Waals surface area (Å²) >= 11 is 0. The Morgan fingerprint density at radius 2 is 0.904 bits per heavy atom. The number of para-hydroxylation sites is 2. The molecule has 0 radical (unpaired) electrons. The zero-order valence-electron chi connectivity index (χ0n) is 45.8. The maximum atomic E-state index is 7.37. The summed E-state index contributed by atoms with van der Waals surface area (Å²) in [6, 6.07) is 58.3. The quantitative estimate of drug-likeness (QED) is 0.164. The highest BCUT2D eigenvalue weighted by molar-refractivity contribution is 6.99. The maximum Gasteiger partial charge on any atom is 0.256 e. The van der Waals surface area contributed by atoms with Crippen LogP contribution in [0.1, 0.15) is 132 Å². The van der Waals surface area contributed by atoms with Crippen molar-refractivity contribution in [2.75, 3.05) is 4.90 Å². The number of nitrogens with zero attached hydrogens (tertiary/aromatic N) is 3. The molecule has 0 N–H and O–H groups in total. The molecule has 2 aliphatic heterocycles. The highest BCUT2D eigenvalue weighted by Crippen LogP contribution is 2.47. The van der Waals surface area contributed by atoms with Crippen LogP contribution in [0.3, 0.4) is 0 Å². The van der Waals surface area contributed by atoms with Crippen molar-refractivity contribution in [3.8, 4) is 22.9 Å². The van der Waals surface area contributed by atoms with Crippen LogP contribution in [0.4, 0.5) is 17.1 Å². The number of hydrogen-bond acceptors (Lipinski definition) is 2. The van der Waals surface area contributed by atoms with E-state index in [1.54, 1.807) is 0 Å². The second-order valence-corrected chi connectivity index (χ2v) is 26.4. The molecule has 366 valence electrons. The maximum absolute atomic E-state index is 7.37. The van der Waals surface area contributed by atoms with E-state index in [0.717, 1.165) is 45.3 Å². The number of benzene rings is 8. The molecule has 4 heterocycles. The van der Waals surface area contributed by atoms with Crippen LogP contribution in [0.25, 0.3) is 55.0 Å². The number of fused-ring (bicyclic) bond motifs is 10. The fourth-order valence-electron chi connectivity index (χ4n) is 11.9. The van der Waals surface area contributed by atoms with Crippen LogP contribution in [-0.4, -0.2) is 15.8 Å². The van der Waals surface area contributed by atoms with Gasteiger partial charge in [0.1, 0.15) is 11.5 Å². The van der Waals surface area contributed by atoms with Crippen molar-refractivity contribution in [2.24, 2.45) is 0 Å². The number of anilines is 3. The molecule has 0 bridgehead atoms. The Labute approximate surface area is 433 Å². The van der Waals surface area contributed by atoms with Gasteiger partial charge in [-0.2, -0.15) is 0 Å². The summed E-state index contributed by atoms with van der Waals surface area (Å²) in [5, 5.41) is 5.01. The number of ether oxygens (including phenoxy) is 1. The van der Waals surface area contributed by atoms with Crippen LogP contribution in [0.15, 0.2) is 152 Å². The zero-order valence-corrected chi connectivity index (χ0v) is 45.8. The van der Waals surface area contributed by atoms with Crippen LogP contribution >= 0.6 is 0 Å². The van der Waals surface area contributed by atoms with Crippen molar-refractivity contribution in [1.82, 2.24) is 9.13 Å². The predicted octanol–water partition coefficient (Wildman–Crippen LogP) is 16.8. The first-order valence-electron chi connectivity index (χ1n) is 26.5. The topological polar surface area (TPSA) is 22.3 Å².